The quantitative estimate of drug-likeness (QED) is 0.353. The van der Waals surface area contributed by atoms with Crippen LogP contribution >= 0.6 is 0 Å². The second-order valence-corrected chi connectivity index (χ2v) is 9.92. The summed E-state index contributed by atoms with van der Waals surface area (Å²) in [5, 5.41) is 6.53. The molecule has 1 aromatic rings. The summed E-state index contributed by atoms with van der Waals surface area (Å²) in [7, 11) is -1.34. The first kappa shape index (κ1) is 22.7. The summed E-state index contributed by atoms with van der Waals surface area (Å²) >= 11 is 0. The third-order valence-electron chi connectivity index (χ3n) is 5.20. The van der Waals surface area contributed by atoms with E-state index in [1.165, 1.54) is 25.9 Å². The minimum Gasteiger partial charge on any atom is -0.356 e. The Morgan fingerprint density at radius 2 is 1.75 bits per heavy atom. The predicted octanol–water partition coefficient (Wildman–Crippen LogP) is 2.28. The lowest BCUT2D eigenvalue weighted by atomic mass is 9.99. The third kappa shape index (κ3) is 9.06. The number of nitrogens with zero attached hydrogens (tertiary/aromatic N) is 2. The summed E-state index contributed by atoms with van der Waals surface area (Å²) in [6, 6.07) is 9.34. The number of hydrogen-bond acceptors (Lipinski definition) is 4. The molecule has 2 N–H and O–H groups in total. The van der Waals surface area contributed by atoms with Crippen molar-refractivity contribution in [1.82, 2.24) is 15.5 Å². The topological polar surface area (TPSA) is 73.8 Å². The number of guanidine groups is 1. The van der Waals surface area contributed by atoms with Crippen molar-refractivity contribution in [2.24, 2.45) is 10.9 Å². The number of hydrogen-bond donors (Lipinski definition) is 2. The predicted molar refractivity (Wildman–Crippen MR) is 117 cm³/mol. The van der Waals surface area contributed by atoms with Gasteiger partial charge in [0.05, 0.1) is 11.5 Å². The van der Waals surface area contributed by atoms with E-state index in [1.54, 1.807) is 7.05 Å². The molecule has 0 bridgehead atoms. The second kappa shape index (κ2) is 12.1. The molecule has 0 amide bonds. The minimum atomic E-state index is -3.08. The van der Waals surface area contributed by atoms with Gasteiger partial charge in [-0.1, -0.05) is 37.3 Å². The minimum absolute atomic E-state index is 0.107. The lowest BCUT2D eigenvalue weighted by Crippen LogP contribution is -2.40. The van der Waals surface area contributed by atoms with E-state index >= 15 is 0 Å². The molecule has 6 nitrogen and oxygen atoms in total. The molecular formula is C21H36N4O2S. The van der Waals surface area contributed by atoms with Crippen LogP contribution in [0, 0.1) is 5.92 Å². The molecule has 0 spiro atoms. The van der Waals surface area contributed by atoms with Gasteiger partial charge in [0.1, 0.15) is 0 Å². The van der Waals surface area contributed by atoms with Crippen LogP contribution in [0.4, 0.5) is 0 Å². The summed E-state index contributed by atoms with van der Waals surface area (Å²) in [5.41, 5.74) is 0.844. The zero-order chi connectivity index (χ0) is 20.2. The highest BCUT2D eigenvalue weighted by atomic mass is 32.2. The van der Waals surface area contributed by atoms with Crippen molar-refractivity contribution in [2.75, 3.05) is 45.5 Å². The zero-order valence-electron chi connectivity index (χ0n) is 17.4. The van der Waals surface area contributed by atoms with Crippen LogP contribution in [0.5, 0.6) is 0 Å². The second-order valence-electron chi connectivity index (χ2n) is 7.73. The van der Waals surface area contributed by atoms with Gasteiger partial charge >= 0.3 is 0 Å². The van der Waals surface area contributed by atoms with Crippen LogP contribution in [-0.4, -0.2) is 64.8 Å². The molecule has 0 radical (unpaired) electrons. The lowest BCUT2D eigenvalue weighted by Gasteiger charge is -2.30. The molecule has 0 unspecified atom stereocenters. The van der Waals surface area contributed by atoms with Gasteiger partial charge in [-0.25, -0.2) is 8.42 Å². The normalized spacial score (nSPS) is 16.9. The van der Waals surface area contributed by atoms with E-state index in [0.29, 0.717) is 13.0 Å². The largest absolute Gasteiger partial charge is 0.356 e. The maximum atomic E-state index is 12.2. The van der Waals surface area contributed by atoms with Crippen molar-refractivity contribution in [2.45, 2.75) is 38.4 Å². The Bertz CT molecular complexity index is 684. The molecule has 1 fully saturated rings. The highest BCUT2D eigenvalue weighted by Crippen LogP contribution is 2.15. The van der Waals surface area contributed by atoms with Crippen molar-refractivity contribution in [3.63, 3.8) is 0 Å². The fourth-order valence-corrected chi connectivity index (χ4v) is 4.84. The van der Waals surface area contributed by atoms with Gasteiger partial charge in [-0.2, -0.15) is 0 Å². The number of nitrogens with one attached hydrogen (secondary N) is 2. The molecule has 0 saturated carbocycles. The molecule has 2 rings (SSSR count). The van der Waals surface area contributed by atoms with Crippen molar-refractivity contribution in [3.05, 3.63) is 35.9 Å². The summed E-state index contributed by atoms with van der Waals surface area (Å²) < 4.78 is 24.4. The first-order valence-electron chi connectivity index (χ1n) is 10.4. The number of sulfone groups is 1. The van der Waals surface area contributed by atoms with Crippen LogP contribution in [0.15, 0.2) is 35.3 Å². The Balaban J connectivity index is 1.56. The molecule has 1 aliphatic heterocycles. The Kier molecular flexibility index (Phi) is 9.78. The monoisotopic (exact) mass is 408 g/mol. The number of rotatable bonds is 10. The number of aliphatic imine (C=N–C) groups is 1. The first-order valence-corrected chi connectivity index (χ1v) is 12.2. The number of likely N-dealkylation sites (tertiary alicyclic amines) is 1. The zero-order valence-corrected chi connectivity index (χ0v) is 18.2. The van der Waals surface area contributed by atoms with Crippen LogP contribution in [0.2, 0.25) is 0 Å². The fourth-order valence-electron chi connectivity index (χ4n) is 3.41. The smallest absolute Gasteiger partial charge is 0.190 e. The number of piperidine rings is 1. The molecule has 0 aromatic heterocycles. The van der Waals surface area contributed by atoms with E-state index in [0.717, 1.165) is 37.0 Å². The Morgan fingerprint density at radius 1 is 1.11 bits per heavy atom. The molecule has 1 aliphatic rings. The van der Waals surface area contributed by atoms with E-state index in [4.69, 9.17) is 0 Å². The van der Waals surface area contributed by atoms with Crippen molar-refractivity contribution >= 4 is 15.8 Å². The lowest BCUT2D eigenvalue weighted by molar-refractivity contribution is 0.191. The average molecular weight is 409 g/mol. The summed E-state index contributed by atoms with van der Waals surface area (Å²) in [4.78, 5) is 6.75. The summed E-state index contributed by atoms with van der Waals surface area (Å²) in [5.74, 6) is 1.90. The van der Waals surface area contributed by atoms with Crippen molar-refractivity contribution in [1.29, 1.82) is 0 Å². The Hall–Kier alpha value is -1.60. The molecule has 7 heteroatoms. The van der Waals surface area contributed by atoms with Crippen LogP contribution in [0.1, 0.15) is 38.2 Å². The SMILES string of the molecule is CN=C(NCCCN1CCC(C)CC1)NCCCS(=O)(=O)Cc1ccccc1. The Morgan fingerprint density at radius 3 is 2.39 bits per heavy atom. The highest BCUT2D eigenvalue weighted by Gasteiger charge is 2.15. The van der Waals surface area contributed by atoms with Gasteiger partial charge in [0, 0.05) is 20.1 Å². The van der Waals surface area contributed by atoms with E-state index in [1.807, 2.05) is 30.3 Å². The fraction of sp³-hybridized carbons (Fsp3) is 0.667. The molecule has 1 heterocycles. The van der Waals surface area contributed by atoms with E-state index in [-0.39, 0.29) is 11.5 Å². The molecule has 158 valence electrons. The molecule has 1 aromatic carbocycles. The maximum absolute atomic E-state index is 12.2. The van der Waals surface area contributed by atoms with Crippen molar-refractivity contribution in [3.8, 4) is 0 Å². The van der Waals surface area contributed by atoms with Gasteiger partial charge in [-0.05, 0) is 56.8 Å². The van der Waals surface area contributed by atoms with Crippen LogP contribution < -0.4 is 10.6 Å². The summed E-state index contributed by atoms with van der Waals surface area (Å²) in [6.45, 7) is 7.35. The standard InChI is InChI=1S/C21H36N4O2S/c1-19-10-15-25(16-11-19)14-6-12-23-21(22-2)24-13-7-17-28(26,27)18-20-8-4-3-5-9-20/h3-5,8-9,19H,6-7,10-18H2,1-2H3,(H2,22,23,24). The van der Waals surface area contributed by atoms with Crippen molar-refractivity contribution < 1.29 is 8.42 Å². The summed E-state index contributed by atoms with van der Waals surface area (Å²) in [6.07, 6.45) is 4.27. The van der Waals surface area contributed by atoms with Crippen LogP contribution in [0.3, 0.4) is 0 Å². The highest BCUT2D eigenvalue weighted by molar-refractivity contribution is 7.90. The first-order chi connectivity index (χ1) is 13.5. The van der Waals surface area contributed by atoms with Crippen LogP contribution in [-0.2, 0) is 15.6 Å². The Labute approximate surface area is 170 Å². The maximum Gasteiger partial charge on any atom is 0.190 e. The van der Waals surface area contributed by atoms with E-state index in [2.05, 4.69) is 27.4 Å². The van der Waals surface area contributed by atoms with Crippen LogP contribution in [0.25, 0.3) is 0 Å². The van der Waals surface area contributed by atoms with Gasteiger partial charge in [0.25, 0.3) is 0 Å². The molecule has 28 heavy (non-hydrogen) atoms. The average Bonchev–Trinajstić information content (AvgIpc) is 2.68. The third-order valence-corrected chi connectivity index (χ3v) is 6.88. The van der Waals surface area contributed by atoms with Gasteiger partial charge in [0.15, 0.2) is 15.8 Å². The van der Waals surface area contributed by atoms with Gasteiger partial charge < -0.3 is 15.5 Å². The molecule has 0 atom stereocenters. The molecule has 0 aliphatic carbocycles. The van der Waals surface area contributed by atoms with Gasteiger partial charge in [0.2, 0.25) is 0 Å². The van der Waals surface area contributed by atoms with E-state index < -0.39 is 9.84 Å². The van der Waals surface area contributed by atoms with Gasteiger partial charge in [-0.3, -0.25) is 4.99 Å². The number of benzene rings is 1. The molecular weight excluding hydrogens is 372 g/mol. The van der Waals surface area contributed by atoms with Gasteiger partial charge in [-0.15, -0.1) is 0 Å². The van der Waals surface area contributed by atoms with E-state index in [9.17, 15) is 8.42 Å². The molecule has 1 saturated heterocycles.